The average molecular weight is 380 g/mol. The second-order valence-corrected chi connectivity index (χ2v) is 8.34. The van der Waals surface area contributed by atoms with Crippen molar-refractivity contribution in [3.63, 3.8) is 0 Å². The SMILES string of the molecule is CCC(CC(Cc1ccccc1)(Cc1ccccc1)N(C)NC)N1CCCC1. The molecule has 0 radical (unpaired) electrons. The van der Waals surface area contributed by atoms with Crippen molar-refractivity contribution in [2.24, 2.45) is 0 Å². The summed E-state index contributed by atoms with van der Waals surface area (Å²) >= 11 is 0. The molecule has 0 saturated carbocycles. The number of likely N-dealkylation sites (N-methyl/N-ethyl adjacent to an activating group) is 1. The Bertz CT molecular complexity index is 638. The third-order valence-corrected chi connectivity index (χ3v) is 6.54. The Kier molecular flexibility index (Phi) is 7.66. The van der Waals surface area contributed by atoms with Crippen LogP contribution in [-0.4, -0.2) is 48.7 Å². The number of nitrogens with one attached hydrogen (secondary N) is 1. The van der Waals surface area contributed by atoms with Crippen LogP contribution in [0.4, 0.5) is 0 Å². The largest absolute Gasteiger partial charge is 0.300 e. The maximum absolute atomic E-state index is 3.48. The van der Waals surface area contributed by atoms with Crippen LogP contribution in [0.15, 0.2) is 60.7 Å². The Labute approximate surface area is 171 Å². The van der Waals surface area contributed by atoms with Crippen LogP contribution in [0.5, 0.6) is 0 Å². The van der Waals surface area contributed by atoms with Crippen molar-refractivity contribution < 1.29 is 0 Å². The van der Waals surface area contributed by atoms with Gasteiger partial charge in [-0.1, -0.05) is 67.6 Å². The normalized spacial score (nSPS) is 16.6. The summed E-state index contributed by atoms with van der Waals surface area (Å²) in [5.74, 6) is 0. The summed E-state index contributed by atoms with van der Waals surface area (Å²) < 4.78 is 0. The van der Waals surface area contributed by atoms with Crippen molar-refractivity contribution >= 4 is 0 Å². The van der Waals surface area contributed by atoms with Crippen molar-refractivity contribution in [1.29, 1.82) is 0 Å². The summed E-state index contributed by atoms with van der Waals surface area (Å²) in [5.41, 5.74) is 6.34. The van der Waals surface area contributed by atoms with Gasteiger partial charge in [-0.15, -0.1) is 0 Å². The molecular formula is C25H37N3. The van der Waals surface area contributed by atoms with E-state index >= 15 is 0 Å². The minimum absolute atomic E-state index is 0.0285. The minimum atomic E-state index is 0.0285. The fourth-order valence-corrected chi connectivity index (χ4v) is 4.85. The highest BCUT2D eigenvalue weighted by Gasteiger charge is 2.38. The zero-order valence-electron chi connectivity index (χ0n) is 17.9. The number of hydrogen-bond donors (Lipinski definition) is 1. The van der Waals surface area contributed by atoms with Crippen molar-refractivity contribution in [3.8, 4) is 0 Å². The van der Waals surface area contributed by atoms with Gasteiger partial charge in [0.25, 0.3) is 0 Å². The molecule has 3 heteroatoms. The topological polar surface area (TPSA) is 18.5 Å². The fraction of sp³-hybridized carbons (Fsp3) is 0.520. The third kappa shape index (κ3) is 5.22. The molecule has 3 nitrogen and oxygen atoms in total. The molecular weight excluding hydrogens is 342 g/mol. The van der Waals surface area contributed by atoms with Crippen LogP contribution in [0.25, 0.3) is 0 Å². The van der Waals surface area contributed by atoms with E-state index in [0.29, 0.717) is 6.04 Å². The Hall–Kier alpha value is -1.68. The quantitative estimate of drug-likeness (QED) is 0.611. The number of nitrogens with zero attached hydrogens (tertiary/aromatic N) is 2. The van der Waals surface area contributed by atoms with Gasteiger partial charge >= 0.3 is 0 Å². The van der Waals surface area contributed by atoms with Gasteiger partial charge in [0.1, 0.15) is 0 Å². The van der Waals surface area contributed by atoms with E-state index in [2.05, 4.69) is 97.0 Å². The first kappa shape index (κ1) is 21.0. The van der Waals surface area contributed by atoms with Crippen molar-refractivity contribution in [2.45, 2.75) is 57.0 Å². The van der Waals surface area contributed by atoms with E-state index in [4.69, 9.17) is 0 Å². The molecule has 2 aromatic carbocycles. The van der Waals surface area contributed by atoms with E-state index in [0.717, 1.165) is 12.8 Å². The first-order valence-corrected chi connectivity index (χ1v) is 10.9. The van der Waals surface area contributed by atoms with E-state index < -0.39 is 0 Å². The van der Waals surface area contributed by atoms with E-state index in [1.54, 1.807) is 0 Å². The lowest BCUT2D eigenvalue weighted by Crippen LogP contribution is -2.58. The van der Waals surface area contributed by atoms with E-state index in [1.807, 2.05) is 0 Å². The Morgan fingerprint density at radius 2 is 1.43 bits per heavy atom. The second kappa shape index (κ2) is 10.2. The molecule has 0 amide bonds. The standard InChI is InChI=1S/C25H37N3/c1-4-24(28-17-11-12-18-28)21-25(27(3)26-2,19-22-13-7-5-8-14-22)20-23-15-9-6-10-16-23/h5-10,13-16,24,26H,4,11-12,17-21H2,1-3H3. The van der Waals surface area contributed by atoms with Crippen molar-refractivity contribution in [1.82, 2.24) is 15.3 Å². The van der Waals surface area contributed by atoms with Crippen molar-refractivity contribution in [3.05, 3.63) is 71.8 Å². The number of hydrogen-bond acceptors (Lipinski definition) is 3. The second-order valence-electron chi connectivity index (χ2n) is 8.34. The Morgan fingerprint density at radius 1 is 0.929 bits per heavy atom. The van der Waals surface area contributed by atoms with Gasteiger partial charge in [0.2, 0.25) is 0 Å². The molecule has 1 heterocycles. The molecule has 1 aliphatic rings. The predicted octanol–water partition coefficient (Wildman–Crippen LogP) is 4.54. The van der Waals surface area contributed by atoms with E-state index in [9.17, 15) is 0 Å². The predicted molar refractivity (Wildman–Crippen MR) is 119 cm³/mol. The maximum atomic E-state index is 3.48. The molecule has 0 aliphatic carbocycles. The molecule has 152 valence electrons. The van der Waals surface area contributed by atoms with Gasteiger partial charge in [0.05, 0.1) is 0 Å². The third-order valence-electron chi connectivity index (χ3n) is 6.54. The monoisotopic (exact) mass is 379 g/mol. The van der Waals surface area contributed by atoms with E-state index in [1.165, 1.54) is 49.9 Å². The number of likely N-dealkylation sites (tertiary alicyclic amines) is 1. The first-order chi connectivity index (χ1) is 13.7. The summed E-state index contributed by atoms with van der Waals surface area (Å²) in [6, 6.07) is 22.6. The summed E-state index contributed by atoms with van der Waals surface area (Å²) in [4.78, 5) is 2.73. The molecule has 1 saturated heterocycles. The molecule has 0 aromatic heterocycles. The van der Waals surface area contributed by atoms with Gasteiger partial charge in [0, 0.05) is 18.6 Å². The fourth-order valence-electron chi connectivity index (χ4n) is 4.85. The van der Waals surface area contributed by atoms with Gasteiger partial charge in [-0.3, -0.25) is 5.43 Å². The highest BCUT2D eigenvalue weighted by molar-refractivity contribution is 5.23. The van der Waals surface area contributed by atoms with Gasteiger partial charge < -0.3 is 4.90 Å². The van der Waals surface area contributed by atoms with Crippen LogP contribution in [0.3, 0.4) is 0 Å². The van der Waals surface area contributed by atoms with Crippen molar-refractivity contribution in [2.75, 3.05) is 27.2 Å². The molecule has 3 rings (SSSR count). The molecule has 0 bridgehead atoms. The molecule has 0 spiro atoms. The zero-order valence-corrected chi connectivity index (χ0v) is 17.9. The summed E-state index contributed by atoms with van der Waals surface area (Å²) in [6.07, 6.45) is 7.17. The van der Waals surface area contributed by atoms with Crippen LogP contribution in [-0.2, 0) is 12.8 Å². The molecule has 1 unspecified atom stereocenters. The number of benzene rings is 2. The maximum Gasteiger partial charge on any atom is 0.0446 e. The van der Waals surface area contributed by atoms with E-state index in [-0.39, 0.29) is 5.54 Å². The molecule has 1 aliphatic heterocycles. The van der Waals surface area contributed by atoms with Crippen LogP contribution in [0.2, 0.25) is 0 Å². The molecule has 2 aromatic rings. The minimum Gasteiger partial charge on any atom is -0.300 e. The van der Waals surface area contributed by atoms with Crippen LogP contribution in [0.1, 0.15) is 43.7 Å². The van der Waals surface area contributed by atoms with Gasteiger partial charge in [-0.25, -0.2) is 5.01 Å². The molecule has 28 heavy (non-hydrogen) atoms. The van der Waals surface area contributed by atoms with Crippen LogP contribution < -0.4 is 5.43 Å². The molecule has 1 fully saturated rings. The van der Waals surface area contributed by atoms with Gasteiger partial charge in [-0.05, 0) is 69.8 Å². The smallest absolute Gasteiger partial charge is 0.0446 e. The Balaban J connectivity index is 1.95. The lowest BCUT2D eigenvalue weighted by atomic mass is 9.78. The van der Waals surface area contributed by atoms with Crippen LogP contribution >= 0.6 is 0 Å². The van der Waals surface area contributed by atoms with Gasteiger partial charge in [-0.2, -0.15) is 0 Å². The highest BCUT2D eigenvalue weighted by atomic mass is 15.5. The average Bonchev–Trinajstić information content (AvgIpc) is 3.27. The number of rotatable bonds is 10. The summed E-state index contributed by atoms with van der Waals surface area (Å²) in [5, 5.41) is 2.38. The lowest BCUT2D eigenvalue weighted by Gasteiger charge is -2.45. The summed E-state index contributed by atoms with van der Waals surface area (Å²) in [6.45, 7) is 4.88. The van der Waals surface area contributed by atoms with Gasteiger partial charge in [0.15, 0.2) is 0 Å². The lowest BCUT2D eigenvalue weighted by molar-refractivity contribution is 0.0347. The Morgan fingerprint density at radius 3 is 1.86 bits per heavy atom. The van der Waals surface area contributed by atoms with Crippen LogP contribution in [0, 0.1) is 0 Å². The first-order valence-electron chi connectivity index (χ1n) is 10.9. The number of hydrazine groups is 1. The molecule has 1 atom stereocenters. The highest BCUT2D eigenvalue weighted by Crippen LogP contribution is 2.32. The zero-order chi connectivity index (χ0) is 19.8. The molecule has 1 N–H and O–H groups in total. The summed E-state index contributed by atoms with van der Waals surface area (Å²) in [7, 11) is 4.28.